The molecule has 0 nitrogen and oxygen atoms in total. The van der Waals surface area contributed by atoms with E-state index in [9.17, 15) is 0 Å². The van der Waals surface area contributed by atoms with E-state index in [1.165, 1.54) is 83.5 Å². The topological polar surface area (TPSA) is 0 Å². The third-order valence-electron chi connectivity index (χ3n) is 3.27. The lowest BCUT2D eigenvalue weighted by molar-refractivity contribution is 0.569. The molecule has 0 heteroatoms. The largest absolute Gasteiger partial charge is 0.0654 e. The first-order chi connectivity index (χ1) is 7.91. The number of hydrogen-bond donors (Lipinski definition) is 0. The molecule has 0 saturated heterocycles. The first-order valence-corrected chi connectivity index (χ1v) is 7.73. The molecule has 0 amide bonds. The van der Waals surface area contributed by atoms with Gasteiger partial charge in [-0.15, -0.1) is 0 Å². The minimum atomic E-state index is 1.35. The molecule has 0 aliphatic carbocycles. The third-order valence-corrected chi connectivity index (χ3v) is 3.27. The van der Waals surface area contributed by atoms with Gasteiger partial charge in [0.05, 0.1) is 0 Å². The molecule has 0 atom stereocenters. The SMILES string of the molecule is CCCCC[CH]CCCCCCCCCC. The van der Waals surface area contributed by atoms with Gasteiger partial charge in [0.15, 0.2) is 0 Å². The molecule has 97 valence electrons. The average molecular weight is 225 g/mol. The van der Waals surface area contributed by atoms with Gasteiger partial charge < -0.3 is 0 Å². The van der Waals surface area contributed by atoms with E-state index < -0.39 is 0 Å². The Morgan fingerprint density at radius 2 is 0.875 bits per heavy atom. The molecule has 0 aliphatic rings. The van der Waals surface area contributed by atoms with E-state index in [2.05, 4.69) is 20.3 Å². The molecular formula is C16H33. The minimum absolute atomic E-state index is 1.35. The van der Waals surface area contributed by atoms with Crippen LogP contribution in [0.25, 0.3) is 0 Å². The van der Waals surface area contributed by atoms with Crippen LogP contribution in [0, 0.1) is 6.42 Å². The zero-order valence-electron chi connectivity index (χ0n) is 11.8. The van der Waals surface area contributed by atoms with Gasteiger partial charge in [0, 0.05) is 0 Å². The molecule has 0 bridgehead atoms. The van der Waals surface area contributed by atoms with Gasteiger partial charge in [-0.25, -0.2) is 0 Å². The van der Waals surface area contributed by atoms with E-state index in [0.717, 1.165) is 0 Å². The van der Waals surface area contributed by atoms with Gasteiger partial charge in [-0.05, 0) is 6.42 Å². The highest BCUT2D eigenvalue weighted by atomic mass is 14.0. The Morgan fingerprint density at radius 1 is 0.500 bits per heavy atom. The second-order valence-corrected chi connectivity index (χ2v) is 5.05. The van der Waals surface area contributed by atoms with Crippen molar-refractivity contribution < 1.29 is 0 Å². The standard InChI is InChI=1S/C16H33/c1-3-5-7-9-11-13-15-16-14-12-10-8-6-4-2/h11H,3-10,12-16H2,1-2H3. The van der Waals surface area contributed by atoms with Gasteiger partial charge in [-0.2, -0.15) is 0 Å². The summed E-state index contributed by atoms with van der Waals surface area (Å²) in [6, 6.07) is 0. The molecule has 1 radical (unpaired) electrons. The first kappa shape index (κ1) is 16.0. The van der Waals surface area contributed by atoms with Crippen molar-refractivity contribution in [1.29, 1.82) is 0 Å². The quantitative estimate of drug-likeness (QED) is 0.323. The van der Waals surface area contributed by atoms with E-state index in [4.69, 9.17) is 0 Å². The second kappa shape index (κ2) is 15.0. The summed E-state index contributed by atoms with van der Waals surface area (Å²) in [6.45, 7) is 4.56. The van der Waals surface area contributed by atoms with Gasteiger partial charge in [0.25, 0.3) is 0 Å². The fourth-order valence-electron chi connectivity index (χ4n) is 2.11. The highest BCUT2D eigenvalue weighted by Crippen LogP contribution is 2.12. The summed E-state index contributed by atoms with van der Waals surface area (Å²) in [5, 5.41) is 0. The Bertz CT molecular complexity index is 92.6. The Hall–Kier alpha value is 0. The zero-order valence-corrected chi connectivity index (χ0v) is 11.8. The van der Waals surface area contributed by atoms with Gasteiger partial charge in [-0.3, -0.25) is 0 Å². The summed E-state index contributed by atoms with van der Waals surface area (Å²) in [4.78, 5) is 0. The summed E-state index contributed by atoms with van der Waals surface area (Å²) in [6.07, 6.45) is 20.9. The van der Waals surface area contributed by atoms with Crippen molar-refractivity contribution >= 4 is 0 Å². The summed E-state index contributed by atoms with van der Waals surface area (Å²) in [5.41, 5.74) is 0. The minimum Gasteiger partial charge on any atom is -0.0654 e. The third kappa shape index (κ3) is 14.0. The van der Waals surface area contributed by atoms with Crippen LogP contribution in [0.2, 0.25) is 0 Å². The van der Waals surface area contributed by atoms with Gasteiger partial charge in [0.2, 0.25) is 0 Å². The van der Waals surface area contributed by atoms with Crippen LogP contribution in [-0.2, 0) is 0 Å². The zero-order chi connectivity index (χ0) is 11.9. The molecule has 0 aromatic heterocycles. The molecule has 0 N–H and O–H groups in total. The normalized spacial score (nSPS) is 10.9. The van der Waals surface area contributed by atoms with Crippen molar-refractivity contribution in [3.8, 4) is 0 Å². The lowest BCUT2D eigenvalue weighted by Gasteiger charge is -2.02. The predicted molar refractivity (Wildman–Crippen MR) is 75.7 cm³/mol. The van der Waals surface area contributed by atoms with Crippen LogP contribution in [0.5, 0.6) is 0 Å². The second-order valence-electron chi connectivity index (χ2n) is 5.05. The van der Waals surface area contributed by atoms with E-state index >= 15 is 0 Å². The van der Waals surface area contributed by atoms with E-state index in [0.29, 0.717) is 0 Å². The van der Waals surface area contributed by atoms with E-state index in [-0.39, 0.29) is 0 Å². The smallest absolute Gasteiger partial charge is 0.0386 e. The highest BCUT2D eigenvalue weighted by molar-refractivity contribution is 4.64. The molecule has 0 unspecified atom stereocenters. The van der Waals surface area contributed by atoms with Gasteiger partial charge in [-0.1, -0.05) is 97.3 Å². The van der Waals surface area contributed by atoms with Crippen LogP contribution in [-0.4, -0.2) is 0 Å². The number of hydrogen-bond acceptors (Lipinski definition) is 0. The molecule has 0 aromatic rings. The van der Waals surface area contributed by atoms with Crippen molar-refractivity contribution in [3.63, 3.8) is 0 Å². The van der Waals surface area contributed by atoms with Crippen molar-refractivity contribution in [2.75, 3.05) is 0 Å². The molecule has 0 rings (SSSR count). The maximum atomic E-state index is 2.51. The van der Waals surface area contributed by atoms with Crippen LogP contribution in [0.15, 0.2) is 0 Å². The lowest BCUT2D eigenvalue weighted by atomic mass is 10.0. The van der Waals surface area contributed by atoms with Crippen molar-refractivity contribution in [3.05, 3.63) is 6.42 Å². The molecule has 0 aromatic carbocycles. The van der Waals surface area contributed by atoms with Crippen molar-refractivity contribution in [2.24, 2.45) is 0 Å². The maximum absolute atomic E-state index is 2.51. The first-order valence-electron chi connectivity index (χ1n) is 7.73. The van der Waals surface area contributed by atoms with Gasteiger partial charge >= 0.3 is 0 Å². The Kier molecular flexibility index (Phi) is 15.0. The molecule has 0 saturated carbocycles. The summed E-state index contributed by atoms with van der Waals surface area (Å²) in [5.74, 6) is 0. The Labute approximate surface area is 104 Å². The van der Waals surface area contributed by atoms with E-state index in [1.807, 2.05) is 0 Å². The highest BCUT2D eigenvalue weighted by Gasteiger charge is 1.93. The van der Waals surface area contributed by atoms with E-state index in [1.54, 1.807) is 0 Å². The molecule has 16 heavy (non-hydrogen) atoms. The summed E-state index contributed by atoms with van der Waals surface area (Å²) in [7, 11) is 0. The number of unbranched alkanes of at least 4 members (excludes halogenated alkanes) is 13. The monoisotopic (exact) mass is 225 g/mol. The Morgan fingerprint density at radius 3 is 1.44 bits per heavy atom. The molecule has 0 heterocycles. The van der Waals surface area contributed by atoms with Crippen LogP contribution in [0.4, 0.5) is 0 Å². The van der Waals surface area contributed by atoms with Crippen molar-refractivity contribution in [1.82, 2.24) is 0 Å². The van der Waals surface area contributed by atoms with Crippen molar-refractivity contribution in [2.45, 2.75) is 97.3 Å². The predicted octanol–water partition coefficient (Wildman–Crippen LogP) is 6.30. The summed E-state index contributed by atoms with van der Waals surface area (Å²) < 4.78 is 0. The van der Waals surface area contributed by atoms with Crippen LogP contribution in [0.3, 0.4) is 0 Å². The molecular weight excluding hydrogens is 192 g/mol. The Balaban J connectivity index is 2.83. The van der Waals surface area contributed by atoms with Crippen LogP contribution < -0.4 is 0 Å². The average Bonchev–Trinajstić information content (AvgIpc) is 2.31. The fourth-order valence-corrected chi connectivity index (χ4v) is 2.11. The number of rotatable bonds is 13. The lowest BCUT2D eigenvalue weighted by Crippen LogP contribution is -1.83. The van der Waals surface area contributed by atoms with Crippen LogP contribution >= 0.6 is 0 Å². The fraction of sp³-hybridized carbons (Fsp3) is 0.938. The molecule has 0 spiro atoms. The molecule has 0 fully saturated rings. The molecule has 0 aliphatic heterocycles. The van der Waals surface area contributed by atoms with Gasteiger partial charge in [0.1, 0.15) is 0 Å². The van der Waals surface area contributed by atoms with Crippen LogP contribution in [0.1, 0.15) is 97.3 Å². The summed E-state index contributed by atoms with van der Waals surface area (Å²) >= 11 is 0. The maximum Gasteiger partial charge on any atom is -0.0386 e.